The summed E-state index contributed by atoms with van der Waals surface area (Å²) in [6.45, 7) is 0.195. The monoisotopic (exact) mass is 291 g/mol. The summed E-state index contributed by atoms with van der Waals surface area (Å²) in [5.41, 5.74) is 6.13. The molecule has 0 saturated carbocycles. The lowest BCUT2D eigenvalue weighted by atomic mass is 10.2. The molecule has 1 amide bonds. The van der Waals surface area contributed by atoms with Gasteiger partial charge < -0.3 is 11.1 Å². The summed E-state index contributed by atoms with van der Waals surface area (Å²) < 4.78 is 21.3. The molecule has 0 spiro atoms. The number of hydrogen-bond acceptors (Lipinski definition) is 4. The zero-order valence-electron chi connectivity index (χ0n) is 9.52. The van der Waals surface area contributed by atoms with Crippen molar-refractivity contribution in [3.8, 4) is 0 Å². The second kappa shape index (κ2) is 6.03. The van der Waals surface area contributed by atoms with Crippen molar-refractivity contribution in [1.29, 1.82) is 0 Å². The Labute approximate surface area is 110 Å². The van der Waals surface area contributed by atoms with Crippen LogP contribution >= 0.6 is 11.6 Å². The summed E-state index contributed by atoms with van der Waals surface area (Å²) in [6.07, 6.45) is 0.241. The maximum atomic E-state index is 11.7. The molecule has 0 atom stereocenters. The fourth-order valence-corrected chi connectivity index (χ4v) is 2.05. The van der Waals surface area contributed by atoms with Crippen molar-refractivity contribution in [3.63, 3.8) is 0 Å². The van der Waals surface area contributed by atoms with E-state index in [0.717, 1.165) is 0 Å². The van der Waals surface area contributed by atoms with Crippen molar-refractivity contribution in [2.75, 3.05) is 18.0 Å². The molecule has 6 nitrogen and oxygen atoms in total. The molecule has 0 aliphatic heterocycles. The number of rotatable bonds is 5. The zero-order chi connectivity index (χ0) is 13.8. The van der Waals surface area contributed by atoms with E-state index in [1.54, 1.807) is 12.1 Å². The molecule has 8 heteroatoms. The summed E-state index contributed by atoms with van der Waals surface area (Å²) in [7, 11) is -3.50. The van der Waals surface area contributed by atoms with Crippen LogP contribution in [0.4, 0.5) is 5.69 Å². The minimum Gasteiger partial charge on any atom is -0.398 e. The van der Waals surface area contributed by atoms with E-state index in [1.807, 2.05) is 0 Å². The number of carbonyl (C=O) groups excluding carboxylic acids is 1. The van der Waals surface area contributed by atoms with Gasteiger partial charge in [-0.25, -0.2) is 13.6 Å². The van der Waals surface area contributed by atoms with E-state index in [9.17, 15) is 13.2 Å². The van der Waals surface area contributed by atoms with Crippen LogP contribution in [0.25, 0.3) is 0 Å². The Morgan fingerprint density at radius 2 is 2.06 bits per heavy atom. The number of nitrogens with two attached hydrogens (primary N) is 2. The molecule has 0 heterocycles. The number of primary sulfonamides is 1. The molecule has 0 radical (unpaired) electrons. The molecule has 5 N–H and O–H groups in total. The number of hydrogen-bond donors (Lipinski definition) is 3. The van der Waals surface area contributed by atoms with Gasteiger partial charge >= 0.3 is 0 Å². The highest BCUT2D eigenvalue weighted by molar-refractivity contribution is 7.89. The fourth-order valence-electron chi connectivity index (χ4n) is 1.30. The molecule has 0 aliphatic carbocycles. The largest absolute Gasteiger partial charge is 0.398 e. The molecule has 100 valence electrons. The van der Waals surface area contributed by atoms with Crippen molar-refractivity contribution in [2.45, 2.75) is 6.42 Å². The predicted octanol–water partition coefficient (Wildman–Crippen LogP) is 0.331. The lowest BCUT2D eigenvalue weighted by Gasteiger charge is -2.07. The topological polar surface area (TPSA) is 115 Å². The van der Waals surface area contributed by atoms with Gasteiger partial charge in [-0.3, -0.25) is 4.79 Å². The van der Waals surface area contributed by atoms with Crippen molar-refractivity contribution >= 4 is 33.2 Å². The molecule has 0 aliphatic rings. The summed E-state index contributed by atoms with van der Waals surface area (Å²) >= 11 is 5.87. The number of anilines is 1. The Bertz CT molecular complexity index is 545. The number of amides is 1. The molecule has 0 bridgehead atoms. The third kappa shape index (κ3) is 4.52. The van der Waals surface area contributed by atoms with Gasteiger partial charge in [0.05, 0.1) is 22.0 Å². The van der Waals surface area contributed by atoms with E-state index in [2.05, 4.69) is 5.32 Å². The fraction of sp³-hybridized carbons (Fsp3) is 0.300. The standard InChI is InChI=1S/C10H14ClN3O3S/c11-9-7(3-1-4-8(9)12)10(15)14-5-2-6-18(13,16)17/h1,3-4H,2,5-6,12H2,(H,14,15)(H2,13,16,17). The quantitative estimate of drug-likeness (QED) is 0.535. The lowest BCUT2D eigenvalue weighted by molar-refractivity contribution is 0.0954. The highest BCUT2D eigenvalue weighted by Gasteiger charge is 2.11. The van der Waals surface area contributed by atoms with Crippen molar-refractivity contribution in [3.05, 3.63) is 28.8 Å². The highest BCUT2D eigenvalue weighted by Crippen LogP contribution is 2.22. The number of nitrogen functional groups attached to an aromatic ring is 1. The van der Waals surface area contributed by atoms with E-state index in [1.165, 1.54) is 6.07 Å². The van der Waals surface area contributed by atoms with Crippen LogP contribution in [0, 0.1) is 0 Å². The first-order valence-electron chi connectivity index (χ1n) is 5.14. The second-order valence-corrected chi connectivity index (χ2v) is 5.80. The van der Waals surface area contributed by atoms with Gasteiger partial charge in [-0.2, -0.15) is 0 Å². The van der Waals surface area contributed by atoms with Crippen LogP contribution in [-0.4, -0.2) is 26.6 Å². The van der Waals surface area contributed by atoms with Crippen LogP contribution in [-0.2, 0) is 10.0 Å². The van der Waals surface area contributed by atoms with Gasteiger partial charge in [0.25, 0.3) is 5.91 Å². The minimum absolute atomic E-state index is 0.182. The lowest BCUT2D eigenvalue weighted by Crippen LogP contribution is -2.27. The summed E-state index contributed by atoms with van der Waals surface area (Å²) in [6, 6.07) is 4.73. The third-order valence-corrected chi connectivity index (χ3v) is 3.44. The van der Waals surface area contributed by atoms with Gasteiger partial charge in [-0.05, 0) is 18.6 Å². The van der Waals surface area contributed by atoms with Gasteiger partial charge in [0, 0.05) is 6.54 Å². The van der Waals surface area contributed by atoms with Gasteiger partial charge in [0.15, 0.2) is 0 Å². The molecular formula is C10H14ClN3O3S. The van der Waals surface area contributed by atoms with E-state index >= 15 is 0 Å². The van der Waals surface area contributed by atoms with E-state index < -0.39 is 15.9 Å². The van der Waals surface area contributed by atoms with Crippen molar-refractivity contribution in [1.82, 2.24) is 5.32 Å². The summed E-state index contributed by atoms with van der Waals surface area (Å²) in [5, 5.41) is 7.55. The van der Waals surface area contributed by atoms with Gasteiger partial charge in [0.2, 0.25) is 10.0 Å². The van der Waals surface area contributed by atoms with Crippen LogP contribution in [0.5, 0.6) is 0 Å². The molecular weight excluding hydrogens is 278 g/mol. The molecule has 0 unspecified atom stereocenters. The smallest absolute Gasteiger partial charge is 0.252 e. The average molecular weight is 292 g/mol. The Hall–Kier alpha value is -1.31. The van der Waals surface area contributed by atoms with E-state index in [-0.39, 0.29) is 29.3 Å². The minimum atomic E-state index is -3.50. The molecule has 1 rings (SSSR count). The number of nitrogens with one attached hydrogen (secondary N) is 1. The Morgan fingerprint density at radius 1 is 1.39 bits per heavy atom. The molecule has 0 aromatic heterocycles. The molecule has 18 heavy (non-hydrogen) atoms. The first-order chi connectivity index (χ1) is 8.31. The number of sulfonamides is 1. The average Bonchev–Trinajstić information content (AvgIpc) is 2.26. The number of halogens is 1. The number of benzene rings is 1. The summed E-state index contributed by atoms with van der Waals surface area (Å²) in [4.78, 5) is 11.7. The van der Waals surface area contributed by atoms with Gasteiger partial charge in [-0.15, -0.1) is 0 Å². The summed E-state index contributed by atoms with van der Waals surface area (Å²) in [5.74, 6) is -0.584. The Balaban J connectivity index is 2.54. The van der Waals surface area contributed by atoms with Crippen molar-refractivity contribution < 1.29 is 13.2 Å². The molecule has 0 fully saturated rings. The van der Waals surface area contributed by atoms with Crippen LogP contribution in [0.1, 0.15) is 16.8 Å². The van der Waals surface area contributed by atoms with Crippen molar-refractivity contribution in [2.24, 2.45) is 5.14 Å². The molecule has 0 saturated heterocycles. The number of carbonyl (C=O) groups is 1. The van der Waals surface area contributed by atoms with Crippen LogP contribution < -0.4 is 16.2 Å². The normalized spacial score (nSPS) is 11.2. The zero-order valence-corrected chi connectivity index (χ0v) is 11.1. The van der Waals surface area contributed by atoms with E-state index in [4.69, 9.17) is 22.5 Å². The highest BCUT2D eigenvalue weighted by atomic mass is 35.5. The Morgan fingerprint density at radius 3 is 2.67 bits per heavy atom. The van der Waals surface area contributed by atoms with Crippen LogP contribution in [0.2, 0.25) is 5.02 Å². The van der Waals surface area contributed by atoms with Crippen LogP contribution in [0.3, 0.4) is 0 Å². The SMILES string of the molecule is Nc1cccc(C(=O)NCCCS(N)(=O)=O)c1Cl. The first kappa shape index (κ1) is 14.7. The molecule has 1 aromatic carbocycles. The second-order valence-electron chi connectivity index (χ2n) is 3.69. The molecule has 1 aromatic rings. The van der Waals surface area contributed by atoms with Gasteiger partial charge in [-0.1, -0.05) is 17.7 Å². The third-order valence-electron chi connectivity index (χ3n) is 2.16. The van der Waals surface area contributed by atoms with Crippen LogP contribution in [0.15, 0.2) is 18.2 Å². The maximum Gasteiger partial charge on any atom is 0.252 e. The van der Waals surface area contributed by atoms with E-state index in [0.29, 0.717) is 5.69 Å². The van der Waals surface area contributed by atoms with Gasteiger partial charge in [0.1, 0.15) is 0 Å². The first-order valence-corrected chi connectivity index (χ1v) is 7.23. The predicted molar refractivity (Wildman–Crippen MR) is 70.8 cm³/mol. The Kier molecular flexibility index (Phi) is 4.94. The maximum absolute atomic E-state index is 11.7.